The fraction of sp³-hybridized carbons (Fsp3) is 1.00. The summed E-state index contributed by atoms with van der Waals surface area (Å²) >= 11 is 5.79. The van der Waals surface area contributed by atoms with E-state index in [0.717, 1.165) is 5.88 Å². The van der Waals surface area contributed by atoms with Crippen molar-refractivity contribution in [3.63, 3.8) is 0 Å². The fourth-order valence-corrected chi connectivity index (χ4v) is 1.26. The number of alkyl halides is 1. The van der Waals surface area contributed by atoms with Gasteiger partial charge in [0.25, 0.3) is 0 Å². The van der Waals surface area contributed by atoms with E-state index in [1.807, 2.05) is 0 Å². The molecule has 0 saturated carbocycles. The van der Waals surface area contributed by atoms with Gasteiger partial charge in [-0.2, -0.15) is 0 Å². The lowest BCUT2D eigenvalue weighted by atomic mass is 9.85. The molecule has 0 aromatic rings. The van der Waals surface area contributed by atoms with Crippen LogP contribution in [0, 0.1) is 5.41 Å². The molecule has 0 nitrogen and oxygen atoms in total. The van der Waals surface area contributed by atoms with E-state index in [1.165, 1.54) is 19.3 Å². The van der Waals surface area contributed by atoms with Gasteiger partial charge in [0.15, 0.2) is 0 Å². The summed E-state index contributed by atoms with van der Waals surface area (Å²) in [6.07, 6.45) is 3.70. The second kappa shape index (κ2) is 4.16. The van der Waals surface area contributed by atoms with E-state index in [1.54, 1.807) is 0 Å². The minimum absolute atomic E-state index is 0.399. The van der Waals surface area contributed by atoms with Crippen molar-refractivity contribution in [1.29, 1.82) is 0 Å². The van der Waals surface area contributed by atoms with E-state index >= 15 is 0 Å². The van der Waals surface area contributed by atoms with Crippen molar-refractivity contribution in [2.45, 2.75) is 40.0 Å². The monoisotopic (exact) mass is 148 g/mol. The fourth-order valence-electron chi connectivity index (χ4n) is 0.942. The molecule has 0 radical (unpaired) electrons. The first-order chi connectivity index (χ1) is 4.18. The molecule has 56 valence electrons. The third-order valence-corrected chi connectivity index (χ3v) is 2.67. The van der Waals surface area contributed by atoms with Crippen LogP contribution in [-0.4, -0.2) is 5.88 Å². The number of rotatable bonds is 4. The zero-order valence-corrected chi connectivity index (χ0v) is 7.46. The smallest absolute Gasteiger partial charge is 0.0277 e. The van der Waals surface area contributed by atoms with Crippen molar-refractivity contribution in [2.75, 3.05) is 5.88 Å². The standard InChI is InChI=1S/C8H17Cl/c1-4-6-8(3,5-2)7-9/h4-7H2,1-3H3. The molecule has 0 amide bonds. The van der Waals surface area contributed by atoms with Crippen LogP contribution in [0.15, 0.2) is 0 Å². The van der Waals surface area contributed by atoms with E-state index in [2.05, 4.69) is 20.8 Å². The lowest BCUT2D eigenvalue weighted by Crippen LogP contribution is -2.16. The van der Waals surface area contributed by atoms with Gasteiger partial charge >= 0.3 is 0 Å². The minimum atomic E-state index is 0.399. The predicted octanol–water partition coefficient (Wildman–Crippen LogP) is 3.44. The van der Waals surface area contributed by atoms with Crippen molar-refractivity contribution < 1.29 is 0 Å². The topological polar surface area (TPSA) is 0 Å². The van der Waals surface area contributed by atoms with Crippen LogP contribution in [0.1, 0.15) is 40.0 Å². The molecule has 0 bridgehead atoms. The van der Waals surface area contributed by atoms with Crippen LogP contribution in [0.25, 0.3) is 0 Å². The number of hydrogen-bond acceptors (Lipinski definition) is 0. The quantitative estimate of drug-likeness (QED) is 0.536. The highest BCUT2D eigenvalue weighted by molar-refractivity contribution is 6.18. The Balaban J connectivity index is 3.62. The average molecular weight is 149 g/mol. The van der Waals surface area contributed by atoms with Crippen LogP contribution in [0.4, 0.5) is 0 Å². The molecular formula is C8H17Cl. The highest BCUT2D eigenvalue weighted by Gasteiger charge is 2.18. The van der Waals surface area contributed by atoms with E-state index in [0.29, 0.717) is 5.41 Å². The molecule has 0 saturated heterocycles. The summed E-state index contributed by atoms with van der Waals surface area (Å²) in [6.45, 7) is 6.67. The Morgan fingerprint density at radius 2 is 1.89 bits per heavy atom. The third-order valence-electron chi connectivity index (χ3n) is 2.03. The van der Waals surface area contributed by atoms with Crippen LogP contribution in [0.3, 0.4) is 0 Å². The maximum Gasteiger partial charge on any atom is 0.0277 e. The van der Waals surface area contributed by atoms with Crippen molar-refractivity contribution in [3.05, 3.63) is 0 Å². The van der Waals surface area contributed by atoms with Gasteiger partial charge in [0.05, 0.1) is 0 Å². The molecule has 0 aliphatic carbocycles. The molecule has 0 aliphatic rings. The van der Waals surface area contributed by atoms with Crippen molar-refractivity contribution in [2.24, 2.45) is 5.41 Å². The summed E-state index contributed by atoms with van der Waals surface area (Å²) in [5.74, 6) is 0.803. The van der Waals surface area contributed by atoms with Gasteiger partial charge in [-0.15, -0.1) is 11.6 Å². The van der Waals surface area contributed by atoms with Gasteiger partial charge in [-0.3, -0.25) is 0 Å². The number of halogens is 1. The van der Waals surface area contributed by atoms with Gasteiger partial charge in [-0.05, 0) is 18.3 Å². The molecule has 0 N–H and O–H groups in total. The molecule has 0 heterocycles. The van der Waals surface area contributed by atoms with Gasteiger partial charge in [0, 0.05) is 5.88 Å². The molecule has 0 aromatic carbocycles. The second-order valence-corrected chi connectivity index (χ2v) is 3.32. The number of hydrogen-bond donors (Lipinski definition) is 0. The van der Waals surface area contributed by atoms with Gasteiger partial charge in [-0.25, -0.2) is 0 Å². The molecule has 1 atom stereocenters. The minimum Gasteiger partial charge on any atom is -0.126 e. The van der Waals surface area contributed by atoms with Crippen LogP contribution in [-0.2, 0) is 0 Å². The zero-order chi connectivity index (χ0) is 7.33. The Kier molecular flexibility index (Phi) is 4.29. The highest BCUT2D eigenvalue weighted by Crippen LogP contribution is 2.28. The zero-order valence-electron chi connectivity index (χ0n) is 6.71. The van der Waals surface area contributed by atoms with Crippen LogP contribution in [0.5, 0.6) is 0 Å². The van der Waals surface area contributed by atoms with Gasteiger partial charge in [-0.1, -0.05) is 27.2 Å². The van der Waals surface area contributed by atoms with E-state index < -0.39 is 0 Å². The third kappa shape index (κ3) is 3.10. The summed E-state index contributed by atoms with van der Waals surface area (Å²) in [6, 6.07) is 0. The van der Waals surface area contributed by atoms with Gasteiger partial charge < -0.3 is 0 Å². The first-order valence-corrected chi connectivity index (χ1v) is 4.28. The normalized spacial score (nSPS) is 17.3. The van der Waals surface area contributed by atoms with Crippen LogP contribution in [0.2, 0.25) is 0 Å². The molecule has 0 aliphatic heterocycles. The Morgan fingerprint density at radius 3 is 2.00 bits per heavy atom. The Labute approximate surface area is 63.6 Å². The summed E-state index contributed by atoms with van der Waals surface area (Å²) in [5.41, 5.74) is 0.399. The van der Waals surface area contributed by atoms with Gasteiger partial charge in [0.2, 0.25) is 0 Å². The molecule has 1 unspecified atom stereocenters. The van der Waals surface area contributed by atoms with Crippen molar-refractivity contribution >= 4 is 11.6 Å². The Bertz CT molecular complexity index is 65.0. The van der Waals surface area contributed by atoms with Crippen molar-refractivity contribution in [3.8, 4) is 0 Å². The lowest BCUT2D eigenvalue weighted by molar-refractivity contribution is 0.324. The highest BCUT2D eigenvalue weighted by atomic mass is 35.5. The van der Waals surface area contributed by atoms with E-state index in [4.69, 9.17) is 11.6 Å². The molecular weight excluding hydrogens is 132 g/mol. The Hall–Kier alpha value is 0.290. The van der Waals surface area contributed by atoms with Crippen molar-refractivity contribution in [1.82, 2.24) is 0 Å². The largest absolute Gasteiger partial charge is 0.126 e. The summed E-state index contributed by atoms with van der Waals surface area (Å²) in [7, 11) is 0. The molecule has 0 spiro atoms. The van der Waals surface area contributed by atoms with E-state index in [9.17, 15) is 0 Å². The Morgan fingerprint density at radius 1 is 1.33 bits per heavy atom. The molecule has 0 aromatic heterocycles. The molecule has 1 heteroatoms. The van der Waals surface area contributed by atoms with E-state index in [-0.39, 0.29) is 0 Å². The maximum atomic E-state index is 5.79. The SMILES string of the molecule is CCCC(C)(CC)CCl. The first kappa shape index (κ1) is 9.29. The molecule has 0 fully saturated rings. The summed E-state index contributed by atoms with van der Waals surface area (Å²) < 4.78 is 0. The summed E-state index contributed by atoms with van der Waals surface area (Å²) in [5, 5.41) is 0. The van der Waals surface area contributed by atoms with Gasteiger partial charge in [0.1, 0.15) is 0 Å². The lowest BCUT2D eigenvalue weighted by Gasteiger charge is -2.24. The van der Waals surface area contributed by atoms with Crippen LogP contribution >= 0.6 is 11.6 Å². The first-order valence-electron chi connectivity index (χ1n) is 3.74. The summed E-state index contributed by atoms with van der Waals surface area (Å²) in [4.78, 5) is 0. The molecule has 0 rings (SSSR count). The predicted molar refractivity (Wildman–Crippen MR) is 44.0 cm³/mol. The molecule has 9 heavy (non-hydrogen) atoms. The van der Waals surface area contributed by atoms with Crippen LogP contribution < -0.4 is 0 Å². The maximum absolute atomic E-state index is 5.79. The second-order valence-electron chi connectivity index (χ2n) is 3.05. The average Bonchev–Trinajstić information content (AvgIpc) is 1.89.